The first-order valence-electron chi connectivity index (χ1n) is 7.91. The molecule has 130 valence electrons. The topological polar surface area (TPSA) is 79.8 Å². The van der Waals surface area contributed by atoms with E-state index in [1.165, 1.54) is 5.56 Å². The molecule has 6 nitrogen and oxygen atoms in total. The molecule has 0 bridgehead atoms. The van der Waals surface area contributed by atoms with Crippen molar-refractivity contribution in [1.29, 1.82) is 0 Å². The number of anilines is 1. The molecule has 0 fully saturated rings. The molecular formula is C19H21N3O3. The lowest BCUT2D eigenvalue weighted by atomic mass is 10.1. The molecule has 0 unspecified atom stereocenters. The molecule has 6 heteroatoms. The Labute approximate surface area is 146 Å². The monoisotopic (exact) mass is 339 g/mol. The molecule has 0 radical (unpaired) electrons. The molecule has 0 saturated carbocycles. The molecule has 2 amide bonds. The summed E-state index contributed by atoms with van der Waals surface area (Å²) in [6.07, 6.45) is 1.52. The Hall–Kier alpha value is -3.15. The van der Waals surface area contributed by atoms with Gasteiger partial charge in [0.25, 0.3) is 0 Å². The highest BCUT2D eigenvalue weighted by Gasteiger charge is 2.13. The van der Waals surface area contributed by atoms with Gasteiger partial charge in [0.2, 0.25) is 0 Å². The fraction of sp³-hybridized carbons (Fsp3) is 0.211. The van der Waals surface area contributed by atoms with Crippen molar-refractivity contribution in [2.24, 2.45) is 5.10 Å². The highest BCUT2D eigenvalue weighted by Crippen LogP contribution is 2.14. The summed E-state index contributed by atoms with van der Waals surface area (Å²) >= 11 is 0. The number of methoxy groups -OCH3 is 1. The molecule has 2 rings (SSSR count). The maximum absolute atomic E-state index is 11.8. The van der Waals surface area contributed by atoms with E-state index >= 15 is 0 Å². The number of hydrazone groups is 1. The van der Waals surface area contributed by atoms with Gasteiger partial charge in [-0.3, -0.25) is 9.59 Å². The van der Waals surface area contributed by atoms with Crippen molar-refractivity contribution < 1.29 is 14.3 Å². The maximum Gasteiger partial charge on any atom is 0.329 e. The van der Waals surface area contributed by atoms with Crippen LogP contribution < -0.4 is 15.5 Å². The molecule has 0 aromatic heterocycles. The number of aryl methyl sites for hydroxylation is 1. The third kappa shape index (κ3) is 6.10. The Morgan fingerprint density at radius 2 is 1.68 bits per heavy atom. The number of ether oxygens (including phenoxy) is 1. The molecule has 0 spiro atoms. The van der Waals surface area contributed by atoms with Gasteiger partial charge in [-0.1, -0.05) is 30.3 Å². The van der Waals surface area contributed by atoms with Crippen LogP contribution >= 0.6 is 0 Å². The average Bonchev–Trinajstić information content (AvgIpc) is 2.65. The van der Waals surface area contributed by atoms with Gasteiger partial charge in [-0.05, 0) is 49.6 Å². The third-order valence-electron chi connectivity index (χ3n) is 3.52. The van der Waals surface area contributed by atoms with Crippen LogP contribution in [0.3, 0.4) is 0 Å². The van der Waals surface area contributed by atoms with E-state index < -0.39 is 11.8 Å². The Bertz CT molecular complexity index is 740. The smallest absolute Gasteiger partial charge is 0.329 e. The van der Waals surface area contributed by atoms with E-state index in [4.69, 9.17) is 4.74 Å². The molecule has 25 heavy (non-hydrogen) atoms. The van der Waals surface area contributed by atoms with E-state index in [2.05, 4.69) is 15.8 Å². The number of carbonyl (C=O) groups is 2. The van der Waals surface area contributed by atoms with E-state index in [1.54, 1.807) is 31.4 Å². The van der Waals surface area contributed by atoms with Gasteiger partial charge in [-0.2, -0.15) is 5.10 Å². The predicted molar refractivity (Wildman–Crippen MR) is 97.6 cm³/mol. The Balaban J connectivity index is 1.80. The van der Waals surface area contributed by atoms with E-state index in [9.17, 15) is 9.59 Å². The summed E-state index contributed by atoms with van der Waals surface area (Å²) in [4.78, 5) is 23.6. The first kappa shape index (κ1) is 18.2. The van der Waals surface area contributed by atoms with Crippen LogP contribution in [-0.4, -0.2) is 24.6 Å². The molecule has 0 saturated heterocycles. The Morgan fingerprint density at radius 1 is 1.00 bits per heavy atom. The Kier molecular flexibility index (Phi) is 6.71. The fourth-order valence-corrected chi connectivity index (χ4v) is 2.09. The van der Waals surface area contributed by atoms with Crippen LogP contribution in [0.25, 0.3) is 0 Å². The van der Waals surface area contributed by atoms with Crippen molar-refractivity contribution in [2.75, 3.05) is 12.4 Å². The molecule has 0 heterocycles. The molecule has 0 atom stereocenters. The van der Waals surface area contributed by atoms with Crippen LogP contribution in [0.1, 0.15) is 18.9 Å². The largest absolute Gasteiger partial charge is 0.497 e. The van der Waals surface area contributed by atoms with Crippen molar-refractivity contribution in [3.05, 3.63) is 60.2 Å². The van der Waals surface area contributed by atoms with E-state index in [1.807, 2.05) is 37.3 Å². The zero-order valence-corrected chi connectivity index (χ0v) is 14.3. The summed E-state index contributed by atoms with van der Waals surface area (Å²) in [6.45, 7) is 1.81. The van der Waals surface area contributed by atoms with Gasteiger partial charge >= 0.3 is 11.8 Å². The standard InChI is InChI=1S/C19H21N3O3/c1-14(8-9-15-6-4-3-5-7-15)21-22-19(24)18(23)20-16-10-12-17(25-2)13-11-16/h3-7,10-13H,8-9H2,1-2H3,(H,20,23)(H,22,24). The molecule has 2 aromatic rings. The minimum Gasteiger partial charge on any atom is -0.497 e. The SMILES string of the molecule is COc1ccc(NC(=O)C(=O)NN=C(C)CCc2ccccc2)cc1. The average molecular weight is 339 g/mol. The minimum atomic E-state index is -0.810. The number of nitrogens with zero attached hydrogens (tertiary/aromatic N) is 1. The van der Waals surface area contributed by atoms with Gasteiger partial charge in [-0.15, -0.1) is 0 Å². The fourth-order valence-electron chi connectivity index (χ4n) is 2.09. The van der Waals surface area contributed by atoms with Crippen molar-refractivity contribution in [1.82, 2.24) is 5.43 Å². The summed E-state index contributed by atoms with van der Waals surface area (Å²) < 4.78 is 5.03. The molecule has 0 aliphatic carbocycles. The van der Waals surface area contributed by atoms with Gasteiger partial charge in [0.1, 0.15) is 5.75 Å². The quantitative estimate of drug-likeness (QED) is 0.482. The number of hydrogen-bond donors (Lipinski definition) is 2. The minimum absolute atomic E-state index is 0.505. The van der Waals surface area contributed by atoms with Crippen LogP contribution in [-0.2, 0) is 16.0 Å². The van der Waals surface area contributed by atoms with E-state index in [0.717, 1.165) is 12.1 Å². The van der Waals surface area contributed by atoms with E-state index in [-0.39, 0.29) is 0 Å². The van der Waals surface area contributed by atoms with Gasteiger partial charge in [-0.25, -0.2) is 5.43 Å². The van der Waals surface area contributed by atoms with Crippen molar-refractivity contribution >= 4 is 23.2 Å². The van der Waals surface area contributed by atoms with Gasteiger partial charge in [0.05, 0.1) is 7.11 Å². The molecule has 0 aliphatic rings. The molecule has 2 aromatic carbocycles. The summed E-state index contributed by atoms with van der Waals surface area (Å²) in [7, 11) is 1.55. The van der Waals surface area contributed by atoms with Crippen LogP contribution in [0.4, 0.5) is 5.69 Å². The summed E-state index contributed by atoms with van der Waals surface area (Å²) in [5, 5.41) is 6.46. The summed E-state index contributed by atoms with van der Waals surface area (Å²) in [6, 6.07) is 16.7. The summed E-state index contributed by atoms with van der Waals surface area (Å²) in [5.74, 6) is -0.916. The van der Waals surface area contributed by atoms with Crippen LogP contribution in [0.15, 0.2) is 59.7 Å². The van der Waals surface area contributed by atoms with Crippen LogP contribution in [0.5, 0.6) is 5.75 Å². The second-order valence-electron chi connectivity index (χ2n) is 5.46. The lowest BCUT2D eigenvalue weighted by Crippen LogP contribution is -2.32. The number of rotatable bonds is 6. The van der Waals surface area contributed by atoms with Crippen LogP contribution in [0, 0.1) is 0 Å². The normalized spacial score (nSPS) is 10.9. The first-order chi connectivity index (χ1) is 12.1. The zero-order valence-electron chi connectivity index (χ0n) is 14.3. The zero-order chi connectivity index (χ0) is 18.1. The molecular weight excluding hydrogens is 318 g/mol. The van der Waals surface area contributed by atoms with Gasteiger partial charge < -0.3 is 10.1 Å². The van der Waals surface area contributed by atoms with E-state index in [0.29, 0.717) is 17.9 Å². The molecule has 2 N–H and O–H groups in total. The predicted octanol–water partition coefficient (Wildman–Crippen LogP) is 2.76. The Morgan fingerprint density at radius 3 is 2.32 bits per heavy atom. The lowest BCUT2D eigenvalue weighted by Gasteiger charge is -2.06. The van der Waals surface area contributed by atoms with Gasteiger partial charge in [0.15, 0.2) is 0 Å². The van der Waals surface area contributed by atoms with Crippen molar-refractivity contribution in [3.8, 4) is 5.75 Å². The molecule has 0 aliphatic heterocycles. The second-order valence-corrected chi connectivity index (χ2v) is 5.46. The number of benzene rings is 2. The number of amides is 2. The highest BCUT2D eigenvalue weighted by atomic mass is 16.5. The van der Waals surface area contributed by atoms with Crippen molar-refractivity contribution in [3.63, 3.8) is 0 Å². The number of carbonyl (C=O) groups excluding carboxylic acids is 2. The third-order valence-corrected chi connectivity index (χ3v) is 3.52. The first-order valence-corrected chi connectivity index (χ1v) is 7.91. The highest BCUT2D eigenvalue weighted by molar-refractivity contribution is 6.39. The number of nitrogens with one attached hydrogen (secondary N) is 2. The summed E-state index contributed by atoms with van der Waals surface area (Å²) in [5.41, 5.74) is 4.72. The van der Waals surface area contributed by atoms with Crippen molar-refractivity contribution in [2.45, 2.75) is 19.8 Å². The number of hydrogen-bond acceptors (Lipinski definition) is 4. The maximum atomic E-state index is 11.8. The van der Waals surface area contributed by atoms with Crippen LogP contribution in [0.2, 0.25) is 0 Å². The second kappa shape index (κ2) is 9.22. The van der Waals surface area contributed by atoms with Gasteiger partial charge in [0, 0.05) is 11.4 Å². The lowest BCUT2D eigenvalue weighted by molar-refractivity contribution is -0.136.